The summed E-state index contributed by atoms with van der Waals surface area (Å²) in [5.74, 6) is 0.279. The molecule has 1 N–H and O–H groups in total. The van der Waals surface area contributed by atoms with E-state index in [1.807, 2.05) is 17.5 Å². The van der Waals surface area contributed by atoms with Crippen molar-refractivity contribution in [1.29, 1.82) is 0 Å². The van der Waals surface area contributed by atoms with Gasteiger partial charge in [-0.05, 0) is 29.8 Å². The van der Waals surface area contributed by atoms with Crippen LogP contribution in [-0.2, 0) is 6.54 Å². The maximum Gasteiger partial charge on any atom is 0.324 e. The van der Waals surface area contributed by atoms with E-state index < -0.39 is 0 Å². The van der Waals surface area contributed by atoms with Gasteiger partial charge in [0, 0.05) is 49.9 Å². The van der Waals surface area contributed by atoms with Crippen LogP contribution in [-0.4, -0.2) is 41.1 Å². The molecule has 0 amide bonds. The molecule has 7 heteroatoms. The predicted molar refractivity (Wildman–Crippen MR) is 86.6 cm³/mol. The number of hydrogen-bond acceptors (Lipinski definition) is 6. The number of nitrogens with zero attached hydrogens (tertiary/aromatic N) is 3. The minimum Gasteiger partial charge on any atom is -0.508 e. The van der Waals surface area contributed by atoms with Crippen molar-refractivity contribution in [1.82, 2.24) is 4.90 Å². The van der Waals surface area contributed by atoms with Crippen LogP contribution in [0.25, 0.3) is 0 Å². The molecule has 22 heavy (non-hydrogen) atoms. The van der Waals surface area contributed by atoms with Crippen LogP contribution in [0.1, 0.15) is 5.56 Å². The summed E-state index contributed by atoms with van der Waals surface area (Å²) < 4.78 is 0. The number of anilines is 1. The Hall–Kier alpha value is -2.12. The highest BCUT2D eigenvalue weighted by molar-refractivity contribution is 7.13. The Morgan fingerprint density at radius 1 is 1.18 bits per heavy atom. The van der Waals surface area contributed by atoms with E-state index in [4.69, 9.17) is 0 Å². The maximum absolute atomic E-state index is 10.7. The molecule has 1 aromatic carbocycles. The van der Waals surface area contributed by atoms with Gasteiger partial charge in [0.05, 0.1) is 4.92 Å². The Morgan fingerprint density at radius 3 is 2.45 bits per heavy atom. The van der Waals surface area contributed by atoms with Gasteiger partial charge in [-0.25, -0.2) is 0 Å². The Morgan fingerprint density at radius 2 is 1.86 bits per heavy atom. The molecule has 0 radical (unpaired) electrons. The van der Waals surface area contributed by atoms with Crippen molar-refractivity contribution in [2.24, 2.45) is 0 Å². The molecule has 2 heterocycles. The molecule has 6 nitrogen and oxygen atoms in total. The summed E-state index contributed by atoms with van der Waals surface area (Å²) in [5, 5.41) is 22.1. The number of nitro groups is 1. The molecular formula is C15H17N3O3S. The van der Waals surface area contributed by atoms with Crippen LogP contribution in [0.5, 0.6) is 5.75 Å². The number of phenolic OH excluding ortho intramolecular Hbond substituents is 1. The summed E-state index contributed by atoms with van der Waals surface area (Å²) in [4.78, 5) is 15.0. The van der Waals surface area contributed by atoms with Crippen molar-refractivity contribution in [3.63, 3.8) is 0 Å². The minimum atomic E-state index is -0.336. The largest absolute Gasteiger partial charge is 0.508 e. The molecule has 0 unspecified atom stereocenters. The van der Waals surface area contributed by atoms with E-state index in [9.17, 15) is 15.2 Å². The highest BCUT2D eigenvalue weighted by Crippen LogP contribution is 2.24. The van der Waals surface area contributed by atoms with Crippen LogP contribution in [0.3, 0.4) is 0 Å². The highest BCUT2D eigenvalue weighted by Gasteiger charge is 2.19. The molecule has 116 valence electrons. The molecule has 0 aliphatic carbocycles. The Kier molecular flexibility index (Phi) is 4.26. The van der Waals surface area contributed by atoms with E-state index in [1.165, 1.54) is 11.3 Å². The number of rotatable bonds is 4. The SMILES string of the molecule is O=[N+]([O-])c1cc(CN2CCN(c3ccc(O)cc3)CC2)cs1. The van der Waals surface area contributed by atoms with E-state index in [0.717, 1.165) is 44.0 Å². The first kappa shape index (κ1) is 14.8. The zero-order valence-corrected chi connectivity index (χ0v) is 12.8. The van der Waals surface area contributed by atoms with Crippen molar-refractivity contribution in [2.45, 2.75) is 6.54 Å². The van der Waals surface area contributed by atoms with Crippen molar-refractivity contribution in [3.05, 3.63) is 51.4 Å². The molecule has 1 aromatic heterocycles. The number of thiophene rings is 1. The summed E-state index contributed by atoms with van der Waals surface area (Å²) in [7, 11) is 0. The molecule has 1 saturated heterocycles. The Balaban J connectivity index is 1.55. The average molecular weight is 319 g/mol. The molecule has 3 rings (SSSR count). The Bertz CT molecular complexity index is 648. The first-order valence-electron chi connectivity index (χ1n) is 7.10. The fourth-order valence-electron chi connectivity index (χ4n) is 2.63. The van der Waals surface area contributed by atoms with Crippen LogP contribution in [0.2, 0.25) is 0 Å². The lowest BCUT2D eigenvalue weighted by Crippen LogP contribution is -2.45. The molecule has 0 saturated carbocycles. The fraction of sp³-hybridized carbons (Fsp3) is 0.333. The number of hydrogen-bond donors (Lipinski definition) is 1. The third kappa shape index (κ3) is 3.37. The van der Waals surface area contributed by atoms with Gasteiger partial charge in [-0.2, -0.15) is 0 Å². The van der Waals surface area contributed by atoms with Crippen LogP contribution in [0.4, 0.5) is 10.7 Å². The van der Waals surface area contributed by atoms with E-state index >= 15 is 0 Å². The number of aromatic hydroxyl groups is 1. The topological polar surface area (TPSA) is 69.9 Å². The molecule has 0 atom stereocenters. The molecule has 0 bridgehead atoms. The monoisotopic (exact) mass is 319 g/mol. The van der Waals surface area contributed by atoms with Gasteiger partial charge in [0.2, 0.25) is 0 Å². The van der Waals surface area contributed by atoms with Crippen molar-refractivity contribution in [2.75, 3.05) is 31.1 Å². The van der Waals surface area contributed by atoms with Crippen molar-refractivity contribution < 1.29 is 10.0 Å². The molecular weight excluding hydrogens is 302 g/mol. The molecule has 0 spiro atoms. The lowest BCUT2D eigenvalue weighted by atomic mass is 10.2. The van der Waals surface area contributed by atoms with E-state index in [0.29, 0.717) is 0 Å². The van der Waals surface area contributed by atoms with Gasteiger partial charge < -0.3 is 10.0 Å². The van der Waals surface area contributed by atoms with Crippen LogP contribution in [0, 0.1) is 10.1 Å². The van der Waals surface area contributed by atoms with Gasteiger partial charge in [-0.1, -0.05) is 11.3 Å². The van der Waals surface area contributed by atoms with Gasteiger partial charge in [0.1, 0.15) is 5.75 Å². The van der Waals surface area contributed by atoms with Gasteiger partial charge in [-0.15, -0.1) is 0 Å². The highest BCUT2D eigenvalue weighted by atomic mass is 32.1. The first-order chi connectivity index (χ1) is 10.6. The van der Waals surface area contributed by atoms with Gasteiger partial charge >= 0.3 is 5.00 Å². The molecule has 1 fully saturated rings. The number of phenols is 1. The van der Waals surface area contributed by atoms with Gasteiger partial charge in [0.15, 0.2) is 0 Å². The Labute approximate surface area is 132 Å². The zero-order chi connectivity index (χ0) is 15.5. The first-order valence-corrected chi connectivity index (χ1v) is 7.98. The van der Waals surface area contributed by atoms with E-state index in [1.54, 1.807) is 18.2 Å². The third-order valence-electron chi connectivity index (χ3n) is 3.81. The van der Waals surface area contributed by atoms with E-state index in [2.05, 4.69) is 9.80 Å². The van der Waals surface area contributed by atoms with Crippen LogP contribution in [0.15, 0.2) is 35.7 Å². The average Bonchev–Trinajstić information content (AvgIpc) is 2.98. The molecule has 2 aromatic rings. The lowest BCUT2D eigenvalue weighted by molar-refractivity contribution is -0.380. The maximum atomic E-state index is 10.7. The summed E-state index contributed by atoms with van der Waals surface area (Å²) in [6.07, 6.45) is 0. The number of piperazine rings is 1. The summed E-state index contributed by atoms with van der Waals surface area (Å²) in [5.41, 5.74) is 2.12. The lowest BCUT2D eigenvalue weighted by Gasteiger charge is -2.36. The van der Waals surface area contributed by atoms with Crippen LogP contribution < -0.4 is 4.90 Å². The predicted octanol–water partition coefficient (Wildman–Crippen LogP) is 2.68. The summed E-state index contributed by atoms with van der Waals surface area (Å²) in [6, 6.07) is 8.91. The second-order valence-corrected chi connectivity index (χ2v) is 6.22. The summed E-state index contributed by atoms with van der Waals surface area (Å²) >= 11 is 1.19. The third-order valence-corrected chi connectivity index (χ3v) is 4.74. The van der Waals surface area contributed by atoms with Crippen molar-refractivity contribution >= 4 is 22.0 Å². The standard InChI is InChI=1S/C15H17N3O3S/c19-14-3-1-13(2-4-14)17-7-5-16(6-8-17)10-12-9-15(18(20)21)22-11-12/h1-4,9,11,19H,5-8,10H2. The normalized spacial score (nSPS) is 15.9. The quantitative estimate of drug-likeness (QED) is 0.693. The van der Waals surface area contributed by atoms with Crippen LogP contribution >= 0.6 is 11.3 Å². The molecule has 1 aliphatic heterocycles. The minimum absolute atomic E-state index is 0.206. The fourth-order valence-corrected chi connectivity index (χ4v) is 3.35. The number of benzene rings is 1. The van der Waals surface area contributed by atoms with Gasteiger partial charge in [0.25, 0.3) is 0 Å². The summed E-state index contributed by atoms with van der Waals surface area (Å²) in [6.45, 7) is 4.43. The van der Waals surface area contributed by atoms with Crippen molar-refractivity contribution in [3.8, 4) is 5.75 Å². The van der Waals surface area contributed by atoms with E-state index in [-0.39, 0.29) is 15.7 Å². The molecule has 1 aliphatic rings. The smallest absolute Gasteiger partial charge is 0.324 e. The zero-order valence-electron chi connectivity index (χ0n) is 12.0. The second kappa shape index (κ2) is 6.33. The van der Waals surface area contributed by atoms with Gasteiger partial charge in [-0.3, -0.25) is 15.0 Å². The second-order valence-electron chi connectivity index (χ2n) is 5.33.